The summed E-state index contributed by atoms with van der Waals surface area (Å²) in [6.45, 7) is 9.79. The van der Waals surface area contributed by atoms with Crippen LogP contribution < -0.4 is 10.9 Å². The van der Waals surface area contributed by atoms with Gasteiger partial charge in [-0.2, -0.15) is 0 Å². The monoisotopic (exact) mass is 429 g/mol. The van der Waals surface area contributed by atoms with Crippen LogP contribution in [0.3, 0.4) is 0 Å². The second-order valence-corrected chi connectivity index (χ2v) is 8.72. The van der Waals surface area contributed by atoms with Crippen molar-refractivity contribution in [3.8, 4) is 0 Å². The molecular formula is C22H27N3O4S. The zero-order chi connectivity index (χ0) is 22.2. The molecule has 3 aromatic rings. The minimum Gasteiger partial charge on any atom is -0.348 e. The van der Waals surface area contributed by atoms with Crippen molar-refractivity contribution >= 4 is 27.9 Å². The molecule has 8 heteroatoms. The first-order chi connectivity index (χ1) is 14.1. The largest absolute Gasteiger partial charge is 0.348 e. The molecule has 0 saturated carbocycles. The highest BCUT2D eigenvalue weighted by Crippen LogP contribution is 2.30. The summed E-state index contributed by atoms with van der Waals surface area (Å²) in [5.74, 6) is -0.390. The van der Waals surface area contributed by atoms with Gasteiger partial charge in [0.25, 0.3) is 11.5 Å². The fourth-order valence-electron chi connectivity index (χ4n) is 3.83. The van der Waals surface area contributed by atoms with Crippen LogP contribution in [0.15, 0.2) is 34.1 Å². The molecule has 1 amide bonds. The second kappa shape index (κ2) is 8.57. The van der Waals surface area contributed by atoms with Gasteiger partial charge in [-0.1, -0.05) is 6.92 Å². The lowest BCUT2D eigenvalue weighted by Crippen LogP contribution is -2.28. The van der Waals surface area contributed by atoms with Crippen molar-refractivity contribution in [3.05, 3.63) is 62.7 Å². The summed E-state index contributed by atoms with van der Waals surface area (Å²) in [6.07, 6.45) is 2.62. The quantitative estimate of drug-likeness (QED) is 0.521. The van der Waals surface area contributed by atoms with E-state index in [0.29, 0.717) is 17.5 Å². The Labute approximate surface area is 177 Å². The summed E-state index contributed by atoms with van der Waals surface area (Å²) in [4.78, 5) is 28.4. The average Bonchev–Trinajstić information content (AvgIpc) is 3.02. The first-order valence-corrected chi connectivity index (χ1v) is 11.0. The van der Waals surface area contributed by atoms with Crippen LogP contribution in [0.4, 0.5) is 0 Å². The number of benzene rings is 1. The van der Waals surface area contributed by atoms with Gasteiger partial charge in [-0.3, -0.25) is 9.59 Å². The van der Waals surface area contributed by atoms with Gasteiger partial charge in [0.05, 0.1) is 16.0 Å². The lowest BCUT2D eigenvalue weighted by Gasteiger charge is -2.13. The SMILES string of the molecule is CCc1cc(C)[nH]c(=O)c1CNC(=O)c1cc(S(=O)O)cc2c1c(C)cn2C(C)C. The van der Waals surface area contributed by atoms with E-state index >= 15 is 0 Å². The minimum atomic E-state index is -2.22. The maximum Gasteiger partial charge on any atom is 0.253 e. The van der Waals surface area contributed by atoms with Crippen LogP contribution in [-0.2, 0) is 24.0 Å². The molecule has 1 aromatic carbocycles. The molecule has 0 bridgehead atoms. The average molecular weight is 430 g/mol. The number of nitrogens with one attached hydrogen (secondary N) is 2. The lowest BCUT2D eigenvalue weighted by molar-refractivity contribution is 0.0952. The molecule has 1 atom stereocenters. The molecule has 0 spiro atoms. The van der Waals surface area contributed by atoms with E-state index in [1.807, 2.05) is 51.4 Å². The second-order valence-electron chi connectivity index (χ2n) is 7.75. The first kappa shape index (κ1) is 22.0. The maximum atomic E-state index is 13.1. The van der Waals surface area contributed by atoms with Crippen LogP contribution in [0.25, 0.3) is 10.9 Å². The standard InChI is InChI=1S/C22H27N3O4S/c1-6-15-7-14(5)24-22(27)18(15)10-23-21(26)17-8-16(30(28)29)9-19-20(17)13(4)11-25(19)12(2)3/h7-9,11-12H,6,10H2,1-5H3,(H,23,26)(H,24,27)(H,28,29). The highest BCUT2D eigenvalue weighted by molar-refractivity contribution is 7.79. The van der Waals surface area contributed by atoms with Crippen molar-refractivity contribution in [2.24, 2.45) is 0 Å². The maximum absolute atomic E-state index is 13.1. The summed E-state index contributed by atoms with van der Waals surface area (Å²) in [5.41, 5.74) is 3.92. The molecular weight excluding hydrogens is 402 g/mol. The Balaban J connectivity index is 2.05. The van der Waals surface area contributed by atoms with Gasteiger partial charge in [0.1, 0.15) is 0 Å². The van der Waals surface area contributed by atoms with Crippen LogP contribution in [0.2, 0.25) is 0 Å². The molecule has 0 saturated heterocycles. The smallest absolute Gasteiger partial charge is 0.253 e. The molecule has 3 N–H and O–H groups in total. The Morgan fingerprint density at radius 2 is 1.97 bits per heavy atom. The van der Waals surface area contributed by atoms with Gasteiger partial charge < -0.3 is 19.4 Å². The molecule has 2 aromatic heterocycles. The van der Waals surface area contributed by atoms with Crippen molar-refractivity contribution in [1.82, 2.24) is 14.9 Å². The molecule has 2 heterocycles. The third-order valence-electron chi connectivity index (χ3n) is 5.27. The van der Waals surface area contributed by atoms with Crippen molar-refractivity contribution in [3.63, 3.8) is 0 Å². The zero-order valence-electron chi connectivity index (χ0n) is 17.8. The van der Waals surface area contributed by atoms with Crippen molar-refractivity contribution in [2.45, 2.75) is 58.5 Å². The number of carbonyl (C=O) groups is 1. The molecule has 0 aliphatic rings. The number of fused-ring (bicyclic) bond motifs is 1. The number of hydrogen-bond acceptors (Lipinski definition) is 3. The number of pyridine rings is 1. The molecule has 160 valence electrons. The topological polar surface area (TPSA) is 104 Å². The Kier molecular flexibility index (Phi) is 6.28. The van der Waals surface area contributed by atoms with E-state index in [1.165, 1.54) is 6.07 Å². The zero-order valence-corrected chi connectivity index (χ0v) is 18.6. The molecule has 0 aliphatic heterocycles. The predicted octanol–water partition coefficient (Wildman–Crippen LogP) is 3.60. The van der Waals surface area contributed by atoms with Gasteiger partial charge >= 0.3 is 0 Å². The number of aryl methyl sites for hydroxylation is 3. The van der Waals surface area contributed by atoms with Gasteiger partial charge in [0.2, 0.25) is 0 Å². The molecule has 3 rings (SSSR count). The van der Waals surface area contributed by atoms with Gasteiger partial charge in [0, 0.05) is 35.4 Å². The highest BCUT2D eigenvalue weighted by atomic mass is 32.2. The fraction of sp³-hybridized carbons (Fsp3) is 0.364. The summed E-state index contributed by atoms with van der Waals surface area (Å²) < 4.78 is 23.4. The molecule has 0 radical (unpaired) electrons. The summed E-state index contributed by atoms with van der Waals surface area (Å²) >= 11 is -2.22. The Hall–Kier alpha value is -2.71. The van der Waals surface area contributed by atoms with Crippen LogP contribution in [0, 0.1) is 13.8 Å². The van der Waals surface area contributed by atoms with Crippen molar-refractivity contribution in [2.75, 3.05) is 0 Å². The fourth-order valence-corrected chi connectivity index (χ4v) is 4.26. The van der Waals surface area contributed by atoms with E-state index < -0.39 is 11.1 Å². The molecule has 0 aliphatic carbocycles. The minimum absolute atomic E-state index is 0.0789. The number of nitrogens with zero attached hydrogens (tertiary/aromatic N) is 1. The Morgan fingerprint density at radius 3 is 2.57 bits per heavy atom. The number of hydrogen-bond donors (Lipinski definition) is 3. The third-order valence-corrected chi connectivity index (χ3v) is 5.91. The normalized spacial score (nSPS) is 12.5. The summed E-state index contributed by atoms with van der Waals surface area (Å²) in [7, 11) is 0. The van der Waals surface area contributed by atoms with E-state index in [1.54, 1.807) is 6.07 Å². The van der Waals surface area contributed by atoms with E-state index in [9.17, 15) is 18.4 Å². The number of aromatic amines is 1. The number of amides is 1. The molecule has 0 fully saturated rings. The van der Waals surface area contributed by atoms with Crippen molar-refractivity contribution in [1.29, 1.82) is 0 Å². The number of H-pyrrole nitrogens is 1. The third kappa shape index (κ3) is 4.11. The molecule has 30 heavy (non-hydrogen) atoms. The highest BCUT2D eigenvalue weighted by Gasteiger charge is 2.20. The first-order valence-electron chi connectivity index (χ1n) is 9.89. The van der Waals surface area contributed by atoms with E-state index in [2.05, 4.69) is 10.3 Å². The summed E-state index contributed by atoms with van der Waals surface area (Å²) in [5, 5.41) is 3.57. The van der Waals surface area contributed by atoms with Gasteiger partial charge in [0.15, 0.2) is 11.1 Å². The summed E-state index contributed by atoms with van der Waals surface area (Å²) in [6, 6.07) is 5.13. The Bertz CT molecular complexity index is 1210. The number of carbonyl (C=O) groups excluding carboxylic acids is 1. The van der Waals surface area contributed by atoms with Crippen LogP contribution in [0.1, 0.15) is 59.6 Å². The lowest BCUT2D eigenvalue weighted by atomic mass is 10.0. The predicted molar refractivity (Wildman–Crippen MR) is 118 cm³/mol. The molecule has 1 unspecified atom stereocenters. The van der Waals surface area contributed by atoms with Crippen molar-refractivity contribution < 1.29 is 13.6 Å². The van der Waals surface area contributed by atoms with Gasteiger partial charge in [-0.15, -0.1) is 0 Å². The van der Waals surface area contributed by atoms with Gasteiger partial charge in [-0.25, -0.2) is 4.21 Å². The van der Waals surface area contributed by atoms with Crippen LogP contribution >= 0.6 is 0 Å². The van der Waals surface area contributed by atoms with E-state index in [-0.39, 0.29) is 28.9 Å². The van der Waals surface area contributed by atoms with Crippen LogP contribution in [-0.4, -0.2) is 24.2 Å². The van der Waals surface area contributed by atoms with Crippen LogP contribution in [0.5, 0.6) is 0 Å². The number of rotatable bonds is 6. The van der Waals surface area contributed by atoms with Gasteiger partial charge in [-0.05, 0) is 63.4 Å². The Morgan fingerprint density at radius 1 is 1.27 bits per heavy atom. The van der Waals surface area contributed by atoms with E-state index in [0.717, 1.165) is 27.7 Å². The number of aromatic nitrogens is 2. The molecule has 7 nitrogen and oxygen atoms in total. The van der Waals surface area contributed by atoms with E-state index in [4.69, 9.17) is 0 Å².